The number of rotatable bonds is 9. The van der Waals surface area contributed by atoms with Gasteiger partial charge in [0.15, 0.2) is 40.6 Å². The minimum absolute atomic E-state index is 0.102. The number of likely N-dealkylation sites (N-methyl/N-ethyl adjacent to an activating group) is 2. The number of fused-ring (bicyclic) bond motifs is 2. The van der Waals surface area contributed by atoms with Crippen LogP contribution in [-0.2, 0) is 35.3 Å². The van der Waals surface area contributed by atoms with Crippen molar-refractivity contribution in [2.45, 2.75) is 37.8 Å². The van der Waals surface area contributed by atoms with Crippen LogP contribution in [0, 0.1) is 0 Å². The van der Waals surface area contributed by atoms with Crippen molar-refractivity contribution < 1.29 is 57.2 Å². The molecule has 12 nitrogen and oxygen atoms in total. The van der Waals surface area contributed by atoms with Crippen LogP contribution in [0.2, 0.25) is 0 Å². The average molecular weight is 773 g/mol. The number of aliphatic carboxylic acids is 2. The lowest BCUT2D eigenvalue weighted by molar-refractivity contribution is -0.936. The first-order valence-corrected chi connectivity index (χ1v) is 18.7. The van der Waals surface area contributed by atoms with E-state index in [0.717, 1.165) is 33.4 Å². The predicted molar refractivity (Wildman–Crippen MR) is 199 cm³/mol. The molecule has 0 amide bonds. The maximum Gasteiger partial charge on any atom is 0.206 e. The summed E-state index contributed by atoms with van der Waals surface area (Å²) in [6.07, 6.45) is 2.01. The van der Waals surface area contributed by atoms with E-state index in [9.17, 15) is 19.8 Å². The zero-order valence-electron chi connectivity index (χ0n) is 31.6. The number of quaternary nitrogens is 2. The molecule has 0 aromatic heterocycles. The monoisotopic (exact) mass is 772 g/mol. The number of methoxy groups -OCH3 is 3. The normalized spacial score (nSPS) is 22.5. The van der Waals surface area contributed by atoms with E-state index in [1.165, 1.54) is 0 Å². The summed E-state index contributed by atoms with van der Waals surface area (Å²) in [5.74, 6) is 1.12. The van der Waals surface area contributed by atoms with Gasteiger partial charge in [0.1, 0.15) is 30.9 Å². The molecular formula is C42H45ClN2O10. The van der Waals surface area contributed by atoms with Gasteiger partial charge in [-0.25, -0.2) is 0 Å². The Bertz CT molecular complexity index is 2120. The SMILES string of the molecule is COc1ccc2cc1Oc1ccc(cc1)CC1c3cc(c(OC)cc3CC[N+]1(C)CC(=O)[O-])Oc1c(OCCl)c(OC)cc3c1C(C2)[N+](C)(CC(=O)[O-])CC3. The Labute approximate surface area is 325 Å². The van der Waals surface area contributed by atoms with Crippen molar-refractivity contribution in [3.63, 3.8) is 0 Å². The Morgan fingerprint density at radius 3 is 1.95 bits per heavy atom. The van der Waals surface area contributed by atoms with E-state index in [0.29, 0.717) is 79.0 Å². The van der Waals surface area contributed by atoms with Gasteiger partial charge in [-0.15, -0.1) is 0 Å². The molecule has 4 heterocycles. The largest absolute Gasteiger partial charge is 0.544 e. The third kappa shape index (κ3) is 7.33. The second kappa shape index (κ2) is 15.2. The van der Waals surface area contributed by atoms with Gasteiger partial charge in [-0.1, -0.05) is 29.8 Å². The van der Waals surface area contributed by atoms with Crippen LogP contribution in [0.5, 0.6) is 46.0 Å². The van der Waals surface area contributed by atoms with Crippen LogP contribution in [0.15, 0.2) is 60.7 Å². The Morgan fingerprint density at radius 1 is 0.727 bits per heavy atom. The fourth-order valence-electron chi connectivity index (χ4n) is 8.72. The molecule has 0 saturated heterocycles. The van der Waals surface area contributed by atoms with Gasteiger partial charge in [-0.2, -0.15) is 0 Å². The number of hydrogen-bond donors (Lipinski definition) is 0. The molecule has 0 radical (unpaired) electrons. The summed E-state index contributed by atoms with van der Waals surface area (Å²) >= 11 is 6.26. The Hall–Kier alpha value is -5.17. The van der Waals surface area contributed by atoms with E-state index in [1.807, 2.05) is 74.8 Å². The molecule has 4 aliphatic rings. The van der Waals surface area contributed by atoms with Crippen LogP contribution in [-0.4, -0.2) is 88.6 Å². The van der Waals surface area contributed by atoms with Gasteiger partial charge < -0.3 is 57.2 Å². The Kier molecular flexibility index (Phi) is 10.5. The van der Waals surface area contributed by atoms with Crippen molar-refractivity contribution in [2.75, 3.05) is 67.7 Å². The Morgan fingerprint density at radius 2 is 1.31 bits per heavy atom. The van der Waals surface area contributed by atoms with Gasteiger partial charge in [-0.3, -0.25) is 0 Å². The minimum atomic E-state index is -1.18. The number of hydrogen-bond acceptors (Lipinski definition) is 10. The molecule has 13 heteroatoms. The summed E-state index contributed by atoms with van der Waals surface area (Å²) in [5.41, 5.74) is 5.43. The number of carboxylic acid groups (broad SMARTS) is 2. The fraction of sp³-hybridized carbons (Fsp3) is 0.381. The molecule has 0 saturated carbocycles. The van der Waals surface area contributed by atoms with Crippen molar-refractivity contribution in [3.05, 3.63) is 94.0 Å². The first-order valence-electron chi connectivity index (χ1n) is 18.2. The zero-order valence-corrected chi connectivity index (χ0v) is 32.4. The highest BCUT2D eigenvalue weighted by molar-refractivity contribution is 6.17. The number of carbonyl (C=O) groups is 2. The maximum absolute atomic E-state index is 12.4. The molecule has 0 aliphatic carbocycles. The lowest BCUT2D eigenvalue weighted by atomic mass is 9.85. The highest BCUT2D eigenvalue weighted by Crippen LogP contribution is 2.54. The van der Waals surface area contributed by atoms with E-state index in [1.54, 1.807) is 21.3 Å². The molecule has 4 aromatic carbocycles. The molecule has 0 fully saturated rings. The molecule has 290 valence electrons. The van der Waals surface area contributed by atoms with Gasteiger partial charge in [0.2, 0.25) is 5.75 Å². The first kappa shape index (κ1) is 38.1. The van der Waals surface area contributed by atoms with Crippen molar-refractivity contribution >= 4 is 23.5 Å². The van der Waals surface area contributed by atoms with Crippen LogP contribution in [0.3, 0.4) is 0 Å². The molecule has 4 atom stereocenters. The molecule has 0 spiro atoms. The summed E-state index contributed by atoms with van der Waals surface area (Å²) in [6, 6.07) is 18.2. The fourth-order valence-corrected chi connectivity index (χ4v) is 8.83. The zero-order chi connectivity index (χ0) is 39.1. The van der Waals surface area contributed by atoms with Gasteiger partial charge in [0, 0.05) is 31.2 Å². The number of nitrogens with zero attached hydrogens (tertiary/aromatic N) is 2. The lowest BCUT2D eigenvalue weighted by Crippen LogP contribution is -2.56. The summed E-state index contributed by atoms with van der Waals surface area (Å²) in [5, 5.41) is 24.7. The average Bonchev–Trinajstić information content (AvgIpc) is 3.14. The summed E-state index contributed by atoms with van der Waals surface area (Å²) in [7, 11) is 8.55. The van der Waals surface area contributed by atoms with Crippen molar-refractivity contribution in [2.24, 2.45) is 0 Å². The molecule has 4 aliphatic heterocycles. The van der Waals surface area contributed by atoms with E-state index < -0.39 is 18.0 Å². The molecule has 0 N–H and O–H groups in total. The summed E-state index contributed by atoms with van der Waals surface area (Å²) in [4.78, 5) is 24.7. The topological polar surface area (TPSA) is 136 Å². The third-order valence-electron chi connectivity index (χ3n) is 11.6. The predicted octanol–water partition coefficient (Wildman–Crippen LogP) is 4.26. The van der Waals surface area contributed by atoms with E-state index in [2.05, 4.69) is 0 Å². The first-order chi connectivity index (χ1) is 26.4. The number of alkyl halides is 1. The highest BCUT2D eigenvalue weighted by Gasteiger charge is 2.45. The Balaban J connectivity index is 1.53. The van der Waals surface area contributed by atoms with Crippen molar-refractivity contribution in [3.8, 4) is 46.0 Å². The smallest absolute Gasteiger partial charge is 0.206 e. The van der Waals surface area contributed by atoms with Crippen LogP contribution >= 0.6 is 11.6 Å². The van der Waals surface area contributed by atoms with Crippen LogP contribution < -0.4 is 38.6 Å². The van der Waals surface area contributed by atoms with Crippen molar-refractivity contribution in [1.82, 2.24) is 0 Å². The number of ether oxygens (including phenoxy) is 6. The molecule has 4 aromatic rings. The van der Waals surface area contributed by atoms with Gasteiger partial charge >= 0.3 is 0 Å². The van der Waals surface area contributed by atoms with Crippen LogP contribution in [0.4, 0.5) is 0 Å². The van der Waals surface area contributed by atoms with Crippen LogP contribution in [0.1, 0.15) is 45.5 Å². The standard InChI is InChI=1S/C42H45ClN2O10/c1-44(22-38(46)47)14-12-27-19-34(51-4)36-21-30(27)31(44)16-25-6-9-29(10-7-25)54-35-18-26(8-11-33(35)50-3)17-32-40-28(13-15-45(32,2)23-39(48)49)20-37(52-5)41(53-24-43)42(40)55-36/h6-11,18-21,31-32H,12-17,22-24H2,1-5H3. The second-order valence-corrected chi connectivity index (χ2v) is 15.2. The quantitative estimate of drug-likeness (QED) is 0.180. The minimum Gasteiger partial charge on any atom is -0.544 e. The van der Waals surface area contributed by atoms with Gasteiger partial charge in [0.25, 0.3) is 0 Å². The number of benzene rings is 4. The summed E-state index contributed by atoms with van der Waals surface area (Å²) in [6.45, 7) is 0.623. The number of carbonyl (C=O) groups excluding carboxylic acids is 2. The van der Waals surface area contributed by atoms with E-state index in [4.69, 9.17) is 40.0 Å². The van der Waals surface area contributed by atoms with Gasteiger partial charge in [-0.05, 0) is 64.7 Å². The molecular weight excluding hydrogens is 728 g/mol. The molecule has 55 heavy (non-hydrogen) atoms. The molecule has 4 unspecified atom stereocenters. The lowest BCUT2D eigenvalue weighted by Gasteiger charge is -2.47. The third-order valence-corrected chi connectivity index (χ3v) is 11.7. The summed E-state index contributed by atoms with van der Waals surface area (Å²) < 4.78 is 37.4. The number of halogens is 1. The number of carboxylic acids is 2. The van der Waals surface area contributed by atoms with Crippen LogP contribution in [0.25, 0.3) is 0 Å². The van der Waals surface area contributed by atoms with E-state index >= 15 is 0 Å². The van der Waals surface area contributed by atoms with E-state index in [-0.39, 0.29) is 39.9 Å². The molecule has 6 bridgehead atoms. The second-order valence-electron chi connectivity index (χ2n) is 15.0. The van der Waals surface area contributed by atoms with Crippen molar-refractivity contribution in [1.29, 1.82) is 0 Å². The molecule has 8 rings (SSSR count). The highest BCUT2D eigenvalue weighted by atomic mass is 35.5. The van der Waals surface area contributed by atoms with Gasteiger partial charge in [0.05, 0.1) is 66.0 Å². The maximum atomic E-state index is 12.4.